The Bertz CT molecular complexity index is 601. The second kappa shape index (κ2) is 7.63. The number of aromatic nitrogens is 2. The summed E-state index contributed by atoms with van der Waals surface area (Å²) in [5, 5.41) is 12.6. The Balaban J connectivity index is 2.74. The Morgan fingerprint density at radius 1 is 1.45 bits per heavy atom. The molecule has 0 aromatic carbocycles. The predicted octanol–water partition coefficient (Wildman–Crippen LogP) is 1.17. The normalized spacial score (nSPS) is 13.7. The number of sulfonamides is 1. The van der Waals surface area contributed by atoms with Crippen LogP contribution in [0.5, 0.6) is 0 Å². The van der Waals surface area contributed by atoms with Crippen molar-refractivity contribution in [1.29, 1.82) is 0 Å². The fraction of sp³-hybridized carbons (Fsp3) is 0.667. The maximum Gasteiger partial charge on any atom is 0.307 e. The molecule has 0 fully saturated rings. The van der Waals surface area contributed by atoms with Crippen LogP contribution in [-0.4, -0.2) is 42.2 Å². The van der Waals surface area contributed by atoms with Gasteiger partial charge in [0.15, 0.2) is 0 Å². The minimum atomic E-state index is -3.98. The van der Waals surface area contributed by atoms with Crippen molar-refractivity contribution in [1.82, 2.24) is 14.5 Å². The van der Waals surface area contributed by atoms with E-state index in [1.165, 1.54) is 0 Å². The number of carboxylic acids is 1. The van der Waals surface area contributed by atoms with Crippen LogP contribution in [0.15, 0.2) is 17.3 Å². The van der Waals surface area contributed by atoms with Crippen molar-refractivity contribution in [2.75, 3.05) is 6.54 Å². The molecular formula is C12H19F2N3O4S. The summed E-state index contributed by atoms with van der Waals surface area (Å²) in [6.45, 7) is 2.69. The molecule has 10 heteroatoms. The van der Waals surface area contributed by atoms with Crippen molar-refractivity contribution in [2.45, 2.75) is 38.1 Å². The zero-order chi connectivity index (χ0) is 16.9. The lowest BCUT2D eigenvalue weighted by molar-refractivity contribution is -0.142. The lowest BCUT2D eigenvalue weighted by atomic mass is 9.98. The third-order valence-corrected chi connectivity index (χ3v) is 4.25. The van der Waals surface area contributed by atoms with Crippen LogP contribution in [0.25, 0.3) is 0 Å². The van der Waals surface area contributed by atoms with Crippen LogP contribution in [0.4, 0.5) is 8.78 Å². The summed E-state index contributed by atoms with van der Waals surface area (Å²) in [6.07, 6.45) is -0.399. The number of hydrogen-bond donors (Lipinski definition) is 2. The largest absolute Gasteiger partial charge is 0.481 e. The summed E-state index contributed by atoms with van der Waals surface area (Å²) in [5.74, 6) is -1.85. The predicted molar refractivity (Wildman–Crippen MR) is 74.0 cm³/mol. The minimum Gasteiger partial charge on any atom is -0.481 e. The highest BCUT2D eigenvalue weighted by atomic mass is 32.2. The maximum absolute atomic E-state index is 12.2. The van der Waals surface area contributed by atoms with Crippen LogP contribution in [0.3, 0.4) is 0 Å². The first-order chi connectivity index (χ1) is 10.1. The molecule has 126 valence electrons. The number of halogens is 2. The molecule has 0 aliphatic carbocycles. The monoisotopic (exact) mass is 339 g/mol. The van der Waals surface area contributed by atoms with Crippen molar-refractivity contribution in [2.24, 2.45) is 11.8 Å². The zero-order valence-electron chi connectivity index (χ0n) is 12.2. The van der Waals surface area contributed by atoms with E-state index in [2.05, 4.69) is 9.82 Å². The van der Waals surface area contributed by atoms with E-state index in [0.29, 0.717) is 6.42 Å². The van der Waals surface area contributed by atoms with Gasteiger partial charge in [0.1, 0.15) is 11.4 Å². The molecule has 0 radical (unpaired) electrons. The van der Waals surface area contributed by atoms with Gasteiger partial charge in [0, 0.05) is 12.7 Å². The molecule has 0 amide bonds. The molecule has 1 rings (SSSR count). The second-order valence-corrected chi connectivity index (χ2v) is 7.07. The standard InChI is InChI=1S/C12H19F2N3O4S/c1-8(2)3-9(12(18)19)4-16-22(20,21)10-5-15-17(6-10)7-11(13)14/h5-6,8-9,11,16H,3-4,7H2,1-2H3,(H,18,19). The van der Waals surface area contributed by atoms with Gasteiger partial charge in [-0.2, -0.15) is 5.10 Å². The number of nitrogens with one attached hydrogen (secondary N) is 1. The molecule has 1 aromatic rings. The number of carbonyl (C=O) groups is 1. The Morgan fingerprint density at radius 2 is 2.09 bits per heavy atom. The number of carboxylic acid groups (broad SMARTS) is 1. The van der Waals surface area contributed by atoms with E-state index in [0.717, 1.165) is 17.1 Å². The van der Waals surface area contributed by atoms with Crippen molar-refractivity contribution in [3.05, 3.63) is 12.4 Å². The van der Waals surface area contributed by atoms with Gasteiger partial charge in [-0.15, -0.1) is 0 Å². The van der Waals surface area contributed by atoms with E-state index in [4.69, 9.17) is 5.11 Å². The van der Waals surface area contributed by atoms with Gasteiger partial charge >= 0.3 is 5.97 Å². The number of aliphatic carboxylic acids is 1. The summed E-state index contributed by atoms with van der Waals surface area (Å²) >= 11 is 0. The third-order valence-electron chi connectivity index (χ3n) is 2.87. The Morgan fingerprint density at radius 3 is 2.59 bits per heavy atom. The summed E-state index contributed by atoms with van der Waals surface area (Å²) in [4.78, 5) is 10.8. The quantitative estimate of drug-likeness (QED) is 0.703. The van der Waals surface area contributed by atoms with E-state index in [1.807, 2.05) is 13.8 Å². The average Bonchev–Trinajstić information content (AvgIpc) is 2.82. The molecule has 0 aliphatic heterocycles. The summed E-state index contributed by atoms with van der Waals surface area (Å²) in [5.41, 5.74) is 0. The van der Waals surface area contributed by atoms with E-state index in [1.54, 1.807) is 0 Å². The van der Waals surface area contributed by atoms with Crippen molar-refractivity contribution in [3.8, 4) is 0 Å². The summed E-state index contributed by atoms with van der Waals surface area (Å²) in [6, 6.07) is 0. The lowest BCUT2D eigenvalue weighted by Crippen LogP contribution is -2.33. The molecule has 0 saturated carbocycles. The lowest BCUT2D eigenvalue weighted by Gasteiger charge is -2.15. The van der Waals surface area contributed by atoms with Crippen LogP contribution in [0, 0.1) is 11.8 Å². The fourth-order valence-corrected chi connectivity index (χ4v) is 2.89. The molecule has 0 spiro atoms. The molecule has 1 atom stereocenters. The van der Waals surface area contributed by atoms with Gasteiger partial charge in [-0.25, -0.2) is 21.9 Å². The van der Waals surface area contributed by atoms with Crippen molar-refractivity contribution in [3.63, 3.8) is 0 Å². The first kappa shape index (κ1) is 18.5. The van der Waals surface area contributed by atoms with E-state index in [9.17, 15) is 22.0 Å². The molecule has 1 heterocycles. The van der Waals surface area contributed by atoms with Crippen molar-refractivity contribution < 1.29 is 27.1 Å². The Labute approximate surface area is 127 Å². The first-order valence-corrected chi connectivity index (χ1v) is 8.13. The topological polar surface area (TPSA) is 101 Å². The fourth-order valence-electron chi connectivity index (χ4n) is 1.86. The van der Waals surface area contributed by atoms with Gasteiger partial charge in [0.05, 0.1) is 12.1 Å². The van der Waals surface area contributed by atoms with E-state index >= 15 is 0 Å². The van der Waals surface area contributed by atoms with Crippen LogP contribution < -0.4 is 4.72 Å². The van der Waals surface area contributed by atoms with E-state index in [-0.39, 0.29) is 17.4 Å². The van der Waals surface area contributed by atoms with Crippen LogP contribution in [0.1, 0.15) is 20.3 Å². The third kappa shape index (κ3) is 5.68. The van der Waals surface area contributed by atoms with Gasteiger partial charge in [0.2, 0.25) is 10.0 Å². The summed E-state index contributed by atoms with van der Waals surface area (Å²) in [7, 11) is -3.98. The van der Waals surface area contributed by atoms with Gasteiger partial charge in [-0.3, -0.25) is 9.48 Å². The van der Waals surface area contributed by atoms with Crippen molar-refractivity contribution >= 4 is 16.0 Å². The number of nitrogens with zero attached hydrogens (tertiary/aromatic N) is 2. The molecule has 7 nitrogen and oxygen atoms in total. The molecule has 2 N–H and O–H groups in total. The number of rotatable bonds is 9. The molecule has 1 aromatic heterocycles. The highest BCUT2D eigenvalue weighted by Gasteiger charge is 2.23. The van der Waals surface area contributed by atoms with Crippen LogP contribution in [0.2, 0.25) is 0 Å². The SMILES string of the molecule is CC(C)CC(CNS(=O)(=O)c1cnn(CC(F)F)c1)C(=O)O. The second-order valence-electron chi connectivity index (χ2n) is 5.31. The van der Waals surface area contributed by atoms with Gasteiger partial charge in [-0.1, -0.05) is 13.8 Å². The molecule has 0 saturated heterocycles. The minimum absolute atomic E-state index is 0.0967. The average molecular weight is 339 g/mol. The molecule has 0 bridgehead atoms. The number of alkyl halides is 2. The van der Waals surface area contributed by atoms with Gasteiger partial charge in [-0.05, 0) is 12.3 Å². The Hall–Kier alpha value is -1.55. The van der Waals surface area contributed by atoms with Gasteiger partial charge in [0.25, 0.3) is 6.43 Å². The van der Waals surface area contributed by atoms with Crippen LogP contribution in [-0.2, 0) is 21.4 Å². The molecule has 22 heavy (non-hydrogen) atoms. The van der Waals surface area contributed by atoms with Gasteiger partial charge < -0.3 is 5.11 Å². The number of hydrogen-bond acceptors (Lipinski definition) is 4. The smallest absolute Gasteiger partial charge is 0.307 e. The van der Waals surface area contributed by atoms with E-state index < -0.39 is 34.9 Å². The molecule has 0 aliphatic rings. The van der Waals surface area contributed by atoms with Crippen LogP contribution >= 0.6 is 0 Å². The molecule has 1 unspecified atom stereocenters. The maximum atomic E-state index is 12.2. The highest BCUT2D eigenvalue weighted by molar-refractivity contribution is 7.89. The molecular weight excluding hydrogens is 320 g/mol. The zero-order valence-corrected chi connectivity index (χ0v) is 13.1. The Kier molecular flexibility index (Phi) is 6.42. The summed E-state index contributed by atoms with van der Waals surface area (Å²) < 4.78 is 51.4. The first-order valence-electron chi connectivity index (χ1n) is 6.65. The highest BCUT2D eigenvalue weighted by Crippen LogP contribution is 2.13.